The number of benzene rings is 1. The summed E-state index contributed by atoms with van der Waals surface area (Å²) in [5.74, 6) is 2.67. The first-order chi connectivity index (χ1) is 11.1. The van der Waals surface area contributed by atoms with Gasteiger partial charge in [0.25, 0.3) is 0 Å². The van der Waals surface area contributed by atoms with Crippen LogP contribution in [0.5, 0.6) is 11.5 Å². The van der Waals surface area contributed by atoms with Crippen molar-refractivity contribution in [3.8, 4) is 11.5 Å². The Morgan fingerprint density at radius 1 is 1.25 bits per heavy atom. The molecule has 2 heterocycles. The summed E-state index contributed by atoms with van der Waals surface area (Å²) in [6, 6.07) is 6.15. The number of hydrogen-bond acceptors (Lipinski definition) is 3. The number of fused-ring (bicyclic) bond motifs is 1. The first-order valence-electron chi connectivity index (χ1n) is 8.41. The van der Waals surface area contributed by atoms with E-state index in [1.54, 1.807) is 0 Å². The van der Waals surface area contributed by atoms with Gasteiger partial charge in [-0.2, -0.15) is 0 Å². The zero-order chi connectivity index (χ0) is 16.3. The van der Waals surface area contributed by atoms with E-state index in [2.05, 4.69) is 41.2 Å². The third-order valence-corrected chi connectivity index (χ3v) is 4.45. The molecule has 1 aromatic carbocycles. The summed E-state index contributed by atoms with van der Waals surface area (Å²) in [5.41, 5.74) is 1.54. The topological polar surface area (TPSA) is 46.1 Å². The van der Waals surface area contributed by atoms with E-state index >= 15 is 0 Å². The zero-order valence-electron chi connectivity index (χ0n) is 14.8. The number of nitrogens with zero attached hydrogens (tertiary/aromatic N) is 2. The highest BCUT2D eigenvalue weighted by Crippen LogP contribution is 2.31. The number of ether oxygens (including phenoxy) is 2. The molecule has 3 rings (SSSR count). The van der Waals surface area contributed by atoms with E-state index in [4.69, 9.17) is 9.47 Å². The lowest BCUT2D eigenvalue weighted by atomic mass is 9.93. The number of guanidine groups is 1. The molecule has 2 aliphatic rings. The van der Waals surface area contributed by atoms with Crippen LogP contribution in [-0.4, -0.2) is 44.2 Å². The van der Waals surface area contributed by atoms with Gasteiger partial charge in [-0.05, 0) is 29.5 Å². The molecular weight excluding hydrogens is 417 g/mol. The lowest BCUT2D eigenvalue weighted by molar-refractivity contribution is 0.297. The second-order valence-electron chi connectivity index (χ2n) is 7.07. The summed E-state index contributed by atoms with van der Waals surface area (Å²) in [6.07, 6.45) is 2.14. The average Bonchev–Trinajstić information content (AvgIpc) is 2.74. The summed E-state index contributed by atoms with van der Waals surface area (Å²) in [4.78, 5) is 6.77. The van der Waals surface area contributed by atoms with E-state index in [0.29, 0.717) is 12.0 Å². The van der Waals surface area contributed by atoms with Crippen LogP contribution in [0.15, 0.2) is 23.2 Å². The number of nitrogens with one attached hydrogen (secondary N) is 1. The van der Waals surface area contributed by atoms with Crippen molar-refractivity contribution >= 4 is 29.9 Å². The second-order valence-corrected chi connectivity index (χ2v) is 7.07. The molecule has 0 spiro atoms. The Kier molecular flexibility index (Phi) is 6.60. The van der Waals surface area contributed by atoms with Gasteiger partial charge in [0.05, 0.1) is 13.2 Å². The normalized spacial score (nSPS) is 19.5. The highest BCUT2D eigenvalue weighted by molar-refractivity contribution is 14.0. The van der Waals surface area contributed by atoms with Gasteiger partial charge in [0.1, 0.15) is 0 Å². The summed E-state index contributed by atoms with van der Waals surface area (Å²) in [5, 5.41) is 3.47. The SMILES string of the molecule is CN=C(NCc1ccc2c(c1)OCCCO2)N1CCC(C)(C)C1.I. The van der Waals surface area contributed by atoms with Crippen molar-refractivity contribution in [3.05, 3.63) is 23.8 Å². The summed E-state index contributed by atoms with van der Waals surface area (Å²) >= 11 is 0. The summed E-state index contributed by atoms with van der Waals surface area (Å²) < 4.78 is 11.4. The molecule has 5 nitrogen and oxygen atoms in total. The minimum absolute atomic E-state index is 0. The van der Waals surface area contributed by atoms with Crippen molar-refractivity contribution < 1.29 is 9.47 Å². The van der Waals surface area contributed by atoms with Crippen LogP contribution < -0.4 is 14.8 Å². The number of likely N-dealkylation sites (tertiary alicyclic amines) is 1. The number of aliphatic imine (C=N–C) groups is 1. The molecule has 0 saturated carbocycles. The zero-order valence-corrected chi connectivity index (χ0v) is 17.1. The third kappa shape index (κ3) is 4.68. The van der Waals surface area contributed by atoms with E-state index in [-0.39, 0.29) is 24.0 Å². The maximum atomic E-state index is 5.76. The van der Waals surface area contributed by atoms with Gasteiger partial charge in [0, 0.05) is 33.1 Å². The highest BCUT2D eigenvalue weighted by Gasteiger charge is 2.30. The molecule has 1 saturated heterocycles. The molecule has 1 aromatic rings. The fraction of sp³-hybridized carbons (Fsp3) is 0.611. The lowest BCUT2D eigenvalue weighted by Gasteiger charge is -2.23. The Labute approximate surface area is 161 Å². The summed E-state index contributed by atoms with van der Waals surface area (Å²) in [7, 11) is 1.85. The maximum Gasteiger partial charge on any atom is 0.193 e. The van der Waals surface area contributed by atoms with Crippen molar-refractivity contribution in [2.24, 2.45) is 10.4 Å². The Bertz CT molecular complexity index is 590. The molecule has 0 aliphatic carbocycles. The standard InChI is InChI=1S/C18H27N3O2.HI/c1-18(2)7-8-21(13-18)17(19-3)20-12-14-5-6-15-16(11-14)23-10-4-9-22-15;/h5-6,11H,4,7-10,12-13H2,1-3H3,(H,19,20);1H. The maximum absolute atomic E-state index is 5.76. The fourth-order valence-electron chi connectivity index (χ4n) is 3.12. The Morgan fingerprint density at radius 3 is 2.67 bits per heavy atom. The fourth-order valence-corrected chi connectivity index (χ4v) is 3.12. The number of rotatable bonds is 2. The first-order valence-corrected chi connectivity index (χ1v) is 8.41. The van der Waals surface area contributed by atoms with Crippen molar-refractivity contribution in [3.63, 3.8) is 0 Å². The van der Waals surface area contributed by atoms with E-state index in [1.807, 2.05) is 13.1 Å². The molecule has 1 N–H and O–H groups in total. The molecule has 1 fully saturated rings. The van der Waals surface area contributed by atoms with Gasteiger partial charge in [0.15, 0.2) is 17.5 Å². The smallest absolute Gasteiger partial charge is 0.193 e. The monoisotopic (exact) mass is 445 g/mol. The van der Waals surface area contributed by atoms with Crippen LogP contribution in [0.1, 0.15) is 32.3 Å². The predicted molar refractivity (Wildman–Crippen MR) is 108 cm³/mol. The number of hydrogen-bond donors (Lipinski definition) is 1. The second kappa shape index (κ2) is 8.27. The lowest BCUT2D eigenvalue weighted by Crippen LogP contribution is -2.40. The van der Waals surface area contributed by atoms with Crippen LogP contribution in [0.3, 0.4) is 0 Å². The molecular formula is C18H28IN3O2. The molecule has 0 radical (unpaired) electrons. The Hall–Kier alpha value is -1.18. The van der Waals surface area contributed by atoms with Crippen LogP contribution >= 0.6 is 24.0 Å². The van der Waals surface area contributed by atoms with Gasteiger partial charge in [-0.25, -0.2) is 0 Å². The van der Waals surface area contributed by atoms with Crippen molar-refractivity contribution in [2.75, 3.05) is 33.4 Å². The quantitative estimate of drug-likeness (QED) is 0.431. The molecule has 6 heteroatoms. The minimum atomic E-state index is 0. The van der Waals surface area contributed by atoms with Crippen molar-refractivity contribution in [1.82, 2.24) is 10.2 Å². The predicted octanol–water partition coefficient (Wildman–Crippen LogP) is 3.27. The molecule has 0 aromatic heterocycles. The third-order valence-electron chi connectivity index (χ3n) is 4.45. The molecule has 2 aliphatic heterocycles. The Morgan fingerprint density at radius 2 is 2.00 bits per heavy atom. The van der Waals surface area contributed by atoms with Crippen LogP contribution in [0.25, 0.3) is 0 Å². The largest absolute Gasteiger partial charge is 0.490 e. The molecule has 24 heavy (non-hydrogen) atoms. The first kappa shape index (κ1) is 19.1. The van der Waals surface area contributed by atoms with Crippen LogP contribution in [0.4, 0.5) is 0 Å². The summed E-state index contributed by atoms with van der Waals surface area (Å²) in [6.45, 7) is 8.91. The number of halogens is 1. The van der Waals surface area contributed by atoms with Crippen LogP contribution in [0, 0.1) is 5.41 Å². The average molecular weight is 445 g/mol. The Balaban J connectivity index is 0.00000208. The van der Waals surface area contributed by atoms with Crippen LogP contribution in [-0.2, 0) is 6.54 Å². The van der Waals surface area contributed by atoms with Crippen molar-refractivity contribution in [1.29, 1.82) is 0 Å². The highest BCUT2D eigenvalue weighted by atomic mass is 127. The minimum Gasteiger partial charge on any atom is -0.490 e. The molecule has 0 unspecified atom stereocenters. The molecule has 134 valence electrons. The van der Waals surface area contributed by atoms with Crippen LogP contribution in [0.2, 0.25) is 0 Å². The van der Waals surface area contributed by atoms with Gasteiger partial charge in [-0.15, -0.1) is 24.0 Å². The van der Waals surface area contributed by atoms with Gasteiger partial charge in [-0.3, -0.25) is 4.99 Å². The van der Waals surface area contributed by atoms with Crippen molar-refractivity contribution in [2.45, 2.75) is 33.2 Å². The van der Waals surface area contributed by atoms with E-state index < -0.39 is 0 Å². The molecule has 0 amide bonds. The van der Waals surface area contributed by atoms with Gasteiger partial charge < -0.3 is 19.7 Å². The van der Waals surface area contributed by atoms with E-state index in [9.17, 15) is 0 Å². The van der Waals surface area contributed by atoms with E-state index in [1.165, 1.54) is 12.0 Å². The molecule has 0 bridgehead atoms. The van der Waals surface area contributed by atoms with Gasteiger partial charge in [0.2, 0.25) is 0 Å². The van der Waals surface area contributed by atoms with Gasteiger partial charge in [-0.1, -0.05) is 19.9 Å². The molecule has 0 atom stereocenters. The van der Waals surface area contributed by atoms with E-state index in [0.717, 1.165) is 50.1 Å². The van der Waals surface area contributed by atoms with Gasteiger partial charge >= 0.3 is 0 Å².